The van der Waals surface area contributed by atoms with Gasteiger partial charge in [0.1, 0.15) is 5.75 Å². The Morgan fingerprint density at radius 3 is 3.14 bits per heavy atom. The summed E-state index contributed by atoms with van der Waals surface area (Å²) in [6.45, 7) is 2.98. The molecular weight excluding hydrogens is 174 g/mol. The Labute approximate surface area is 85.1 Å². The van der Waals surface area contributed by atoms with E-state index in [9.17, 15) is 0 Å². The summed E-state index contributed by atoms with van der Waals surface area (Å²) >= 11 is 0. The van der Waals surface area contributed by atoms with Crippen molar-refractivity contribution in [3.05, 3.63) is 29.3 Å². The minimum absolute atomic E-state index is 0.177. The van der Waals surface area contributed by atoms with Crippen molar-refractivity contribution in [2.24, 2.45) is 5.73 Å². The van der Waals surface area contributed by atoms with Crippen LogP contribution in [0.4, 0.5) is 0 Å². The van der Waals surface area contributed by atoms with Crippen LogP contribution in [0.3, 0.4) is 0 Å². The van der Waals surface area contributed by atoms with E-state index in [2.05, 4.69) is 13.0 Å². The standard InChI is InChI=1S/C12H17NO/c1-2-4-11(13)9-5-3-6-12-10(9)7-8-14-12/h3,5-6,11H,2,4,7-8,13H2,1H3/t11-/m1/s1. The molecule has 0 saturated heterocycles. The lowest BCUT2D eigenvalue weighted by Crippen LogP contribution is -2.11. The lowest BCUT2D eigenvalue weighted by molar-refractivity contribution is 0.357. The average molecular weight is 191 g/mol. The minimum Gasteiger partial charge on any atom is -0.493 e. The van der Waals surface area contributed by atoms with E-state index < -0.39 is 0 Å². The average Bonchev–Trinajstić information content (AvgIpc) is 2.65. The molecule has 0 aromatic heterocycles. The smallest absolute Gasteiger partial charge is 0.122 e. The molecule has 1 aromatic rings. The molecule has 1 aliphatic rings. The zero-order valence-corrected chi connectivity index (χ0v) is 8.62. The Hall–Kier alpha value is -1.02. The third-order valence-electron chi connectivity index (χ3n) is 2.78. The van der Waals surface area contributed by atoms with Gasteiger partial charge in [0.05, 0.1) is 6.61 Å². The van der Waals surface area contributed by atoms with Crippen LogP contribution in [0, 0.1) is 0 Å². The van der Waals surface area contributed by atoms with E-state index in [0.717, 1.165) is 31.6 Å². The van der Waals surface area contributed by atoms with Crippen molar-refractivity contribution in [2.45, 2.75) is 32.2 Å². The highest BCUT2D eigenvalue weighted by molar-refractivity contribution is 5.44. The van der Waals surface area contributed by atoms with Crippen LogP contribution in [0.5, 0.6) is 5.75 Å². The molecule has 2 nitrogen and oxygen atoms in total. The lowest BCUT2D eigenvalue weighted by Gasteiger charge is -2.13. The number of nitrogens with two attached hydrogens (primary N) is 1. The summed E-state index contributed by atoms with van der Waals surface area (Å²) in [6, 6.07) is 6.38. The molecule has 14 heavy (non-hydrogen) atoms. The van der Waals surface area contributed by atoms with Gasteiger partial charge >= 0.3 is 0 Å². The quantitative estimate of drug-likeness (QED) is 0.796. The van der Waals surface area contributed by atoms with Gasteiger partial charge in [0.15, 0.2) is 0 Å². The Kier molecular flexibility index (Phi) is 2.73. The van der Waals surface area contributed by atoms with Crippen molar-refractivity contribution >= 4 is 0 Å². The van der Waals surface area contributed by atoms with Gasteiger partial charge in [0.2, 0.25) is 0 Å². The Morgan fingerprint density at radius 2 is 2.36 bits per heavy atom. The lowest BCUT2D eigenvalue weighted by atomic mass is 9.96. The summed E-state index contributed by atoms with van der Waals surface area (Å²) in [4.78, 5) is 0. The molecule has 0 fully saturated rings. The molecule has 76 valence electrons. The molecular formula is C12H17NO. The van der Waals surface area contributed by atoms with Gasteiger partial charge in [-0.2, -0.15) is 0 Å². The first-order valence-electron chi connectivity index (χ1n) is 5.33. The molecule has 1 aromatic carbocycles. The fourth-order valence-corrected chi connectivity index (χ4v) is 2.06. The molecule has 0 spiro atoms. The van der Waals surface area contributed by atoms with E-state index in [1.54, 1.807) is 0 Å². The number of ether oxygens (including phenoxy) is 1. The first-order chi connectivity index (χ1) is 6.83. The van der Waals surface area contributed by atoms with Gasteiger partial charge in [0.25, 0.3) is 0 Å². The highest BCUT2D eigenvalue weighted by atomic mass is 16.5. The number of fused-ring (bicyclic) bond motifs is 1. The van der Waals surface area contributed by atoms with E-state index in [0.29, 0.717) is 0 Å². The Bertz CT molecular complexity index is 322. The largest absolute Gasteiger partial charge is 0.493 e. The van der Waals surface area contributed by atoms with E-state index in [1.165, 1.54) is 11.1 Å². The Morgan fingerprint density at radius 1 is 1.50 bits per heavy atom. The van der Waals surface area contributed by atoms with Gasteiger partial charge in [-0.25, -0.2) is 0 Å². The third kappa shape index (κ3) is 1.62. The SMILES string of the molecule is CCC[C@@H](N)c1cccc2c1CCO2. The highest BCUT2D eigenvalue weighted by Gasteiger charge is 2.18. The van der Waals surface area contributed by atoms with Crippen LogP contribution in [-0.4, -0.2) is 6.61 Å². The summed E-state index contributed by atoms with van der Waals surface area (Å²) in [5, 5.41) is 0. The van der Waals surface area contributed by atoms with Crippen molar-refractivity contribution in [2.75, 3.05) is 6.61 Å². The monoisotopic (exact) mass is 191 g/mol. The van der Waals surface area contributed by atoms with Crippen LogP contribution in [0.1, 0.15) is 36.9 Å². The van der Waals surface area contributed by atoms with Crippen LogP contribution in [-0.2, 0) is 6.42 Å². The molecule has 0 saturated carbocycles. The van der Waals surface area contributed by atoms with Crippen molar-refractivity contribution in [1.82, 2.24) is 0 Å². The van der Waals surface area contributed by atoms with Gasteiger partial charge in [-0.05, 0) is 18.1 Å². The first-order valence-corrected chi connectivity index (χ1v) is 5.33. The van der Waals surface area contributed by atoms with Crippen LogP contribution in [0.15, 0.2) is 18.2 Å². The molecule has 2 heteroatoms. The fourth-order valence-electron chi connectivity index (χ4n) is 2.06. The first kappa shape index (κ1) is 9.53. The van der Waals surface area contributed by atoms with Crippen LogP contribution in [0.25, 0.3) is 0 Å². The van der Waals surface area contributed by atoms with Crippen LogP contribution in [0.2, 0.25) is 0 Å². The number of hydrogen-bond donors (Lipinski definition) is 1. The highest BCUT2D eigenvalue weighted by Crippen LogP contribution is 2.32. The van der Waals surface area contributed by atoms with Gasteiger partial charge in [0, 0.05) is 18.0 Å². The zero-order chi connectivity index (χ0) is 9.97. The summed E-state index contributed by atoms with van der Waals surface area (Å²) in [6.07, 6.45) is 3.20. The summed E-state index contributed by atoms with van der Waals surface area (Å²) in [7, 11) is 0. The van der Waals surface area contributed by atoms with E-state index in [1.807, 2.05) is 12.1 Å². The molecule has 2 N–H and O–H groups in total. The van der Waals surface area contributed by atoms with Crippen LogP contribution < -0.4 is 10.5 Å². The zero-order valence-electron chi connectivity index (χ0n) is 8.62. The molecule has 1 heterocycles. The van der Waals surface area contributed by atoms with Crippen molar-refractivity contribution in [1.29, 1.82) is 0 Å². The topological polar surface area (TPSA) is 35.2 Å². The summed E-state index contributed by atoms with van der Waals surface area (Å²) in [5.74, 6) is 1.04. The van der Waals surface area contributed by atoms with E-state index in [-0.39, 0.29) is 6.04 Å². The van der Waals surface area contributed by atoms with Gasteiger partial charge in [-0.1, -0.05) is 25.5 Å². The molecule has 0 radical (unpaired) electrons. The second kappa shape index (κ2) is 4.01. The maximum Gasteiger partial charge on any atom is 0.122 e. The van der Waals surface area contributed by atoms with Gasteiger partial charge < -0.3 is 10.5 Å². The molecule has 0 aliphatic carbocycles. The molecule has 0 bridgehead atoms. The minimum atomic E-state index is 0.177. The van der Waals surface area contributed by atoms with Crippen molar-refractivity contribution < 1.29 is 4.74 Å². The second-order valence-corrected chi connectivity index (χ2v) is 3.82. The third-order valence-corrected chi connectivity index (χ3v) is 2.78. The molecule has 0 amide bonds. The Balaban J connectivity index is 2.29. The normalized spacial score (nSPS) is 16.1. The maximum absolute atomic E-state index is 6.12. The molecule has 1 atom stereocenters. The van der Waals surface area contributed by atoms with Crippen LogP contribution >= 0.6 is 0 Å². The number of benzene rings is 1. The molecule has 2 rings (SSSR count). The summed E-state index contributed by atoms with van der Waals surface area (Å²) < 4.78 is 5.51. The van der Waals surface area contributed by atoms with Gasteiger partial charge in [-0.15, -0.1) is 0 Å². The molecule has 1 aliphatic heterocycles. The maximum atomic E-state index is 6.12. The van der Waals surface area contributed by atoms with Crippen molar-refractivity contribution in [3.63, 3.8) is 0 Å². The second-order valence-electron chi connectivity index (χ2n) is 3.82. The number of hydrogen-bond acceptors (Lipinski definition) is 2. The predicted molar refractivity (Wildman–Crippen MR) is 57.5 cm³/mol. The number of rotatable bonds is 3. The fraction of sp³-hybridized carbons (Fsp3) is 0.500. The van der Waals surface area contributed by atoms with E-state index in [4.69, 9.17) is 10.5 Å². The van der Waals surface area contributed by atoms with E-state index >= 15 is 0 Å². The summed E-state index contributed by atoms with van der Waals surface area (Å²) in [5.41, 5.74) is 8.73. The predicted octanol–water partition coefficient (Wildman–Crippen LogP) is 2.42. The molecule has 0 unspecified atom stereocenters. The van der Waals surface area contributed by atoms with Crippen molar-refractivity contribution in [3.8, 4) is 5.75 Å². The van der Waals surface area contributed by atoms with Gasteiger partial charge in [-0.3, -0.25) is 0 Å².